The number of amides is 2. The molecule has 0 saturated heterocycles. The van der Waals surface area contributed by atoms with Gasteiger partial charge in [0, 0.05) is 51.6 Å². The first-order valence-electron chi connectivity index (χ1n) is 9.15. The molecule has 1 aromatic rings. The van der Waals surface area contributed by atoms with Gasteiger partial charge in [0.15, 0.2) is 0 Å². The van der Waals surface area contributed by atoms with E-state index in [1.165, 1.54) is 0 Å². The Morgan fingerprint density at radius 1 is 1.33 bits per heavy atom. The average Bonchev–Trinajstić information content (AvgIpc) is 2.96. The molecule has 0 aromatic heterocycles. The van der Waals surface area contributed by atoms with Gasteiger partial charge in [0.2, 0.25) is 6.41 Å². The maximum Gasteiger partial charge on any atom is 0.254 e. The van der Waals surface area contributed by atoms with Gasteiger partial charge in [0.1, 0.15) is 0 Å². The molecule has 0 spiro atoms. The van der Waals surface area contributed by atoms with Crippen molar-refractivity contribution in [1.82, 2.24) is 20.9 Å². The minimum Gasteiger partial charge on any atom is -0.392 e. The predicted molar refractivity (Wildman–Crippen MR) is 107 cm³/mol. The molecule has 0 saturated carbocycles. The molecule has 0 aliphatic carbocycles. The lowest BCUT2D eigenvalue weighted by Crippen LogP contribution is -2.17. The van der Waals surface area contributed by atoms with Crippen LogP contribution in [-0.4, -0.2) is 58.1 Å². The SMILES string of the molecule is C=C(CCCOCCNC)NC.CN1Cc2cc(CNC=O)ccc2C1=O. The zero-order chi connectivity index (χ0) is 20.1. The van der Waals surface area contributed by atoms with Crippen molar-refractivity contribution < 1.29 is 14.3 Å². The van der Waals surface area contributed by atoms with Crippen molar-refractivity contribution in [2.45, 2.75) is 25.9 Å². The van der Waals surface area contributed by atoms with E-state index < -0.39 is 0 Å². The molecule has 27 heavy (non-hydrogen) atoms. The first-order chi connectivity index (χ1) is 13.0. The van der Waals surface area contributed by atoms with E-state index in [1.807, 2.05) is 32.3 Å². The first-order valence-corrected chi connectivity index (χ1v) is 9.15. The van der Waals surface area contributed by atoms with Gasteiger partial charge in [-0.1, -0.05) is 18.7 Å². The van der Waals surface area contributed by atoms with E-state index in [2.05, 4.69) is 22.5 Å². The van der Waals surface area contributed by atoms with Crippen LogP contribution < -0.4 is 16.0 Å². The fourth-order valence-electron chi connectivity index (χ4n) is 2.58. The van der Waals surface area contributed by atoms with E-state index in [0.29, 0.717) is 19.5 Å². The summed E-state index contributed by atoms with van der Waals surface area (Å²) in [6.07, 6.45) is 2.71. The number of hydrogen-bond donors (Lipinski definition) is 3. The van der Waals surface area contributed by atoms with Gasteiger partial charge in [0.05, 0.1) is 6.61 Å². The Labute approximate surface area is 162 Å². The summed E-state index contributed by atoms with van der Waals surface area (Å²) >= 11 is 0. The van der Waals surface area contributed by atoms with Gasteiger partial charge < -0.3 is 25.6 Å². The van der Waals surface area contributed by atoms with Crippen LogP contribution in [0.25, 0.3) is 0 Å². The van der Waals surface area contributed by atoms with Crippen LogP contribution in [0.1, 0.15) is 34.3 Å². The monoisotopic (exact) mass is 376 g/mol. The van der Waals surface area contributed by atoms with Crippen molar-refractivity contribution >= 4 is 12.3 Å². The highest BCUT2D eigenvalue weighted by Gasteiger charge is 2.23. The van der Waals surface area contributed by atoms with Crippen LogP contribution in [0.2, 0.25) is 0 Å². The van der Waals surface area contributed by atoms with E-state index in [9.17, 15) is 9.59 Å². The van der Waals surface area contributed by atoms with Gasteiger partial charge in [0.25, 0.3) is 5.91 Å². The van der Waals surface area contributed by atoms with Crippen LogP contribution >= 0.6 is 0 Å². The maximum atomic E-state index is 11.6. The normalized spacial score (nSPS) is 12.1. The van der Waals surface area contributed by atoms with Crippen LogP contribution in [-0.2, 0) is 22.6 Å². The number of hydrogen-bond acceptors (Lipinski definition) is 5. The lowest BCUT2D eigenvalue weighted by molar-refractivity contribution is -0.109. The number of carbonyl (C=O) groups is 2. The topological polar surface area (TPSA) is 82.7 Å². The third-order valence-corrected chi connectivity index (χ3v) is 4.16. The van der Waals surface area contributed by atoms with Crippen molar-refractivity contribution in [1.29, 1.82) is 0 Å². The molecule has 2 rings (SSSR count). The molecule has 7 nitrogen and oxygen atoms in total. The van der Waals surface area contributed by atoms with E-state index in [1.54, 1.807) is 11.9 Å². The summed E-state index contributed by atoms with van der Waals surface area (Å²) in [5.41, 5.74) is 3.90. The third-order valence-electron chi connectivity index (χ3n) is 4.16. The fraction of sp³-hybridized carbons (Fsp3) is 0.500. The molecular weight excluding hydrogens is 344 g/mol. The highest BCUT2D eigenvalue weighted by Crippen LogP contribution is 2.22. The lowest BCUT2D eigenvalue weighted by atomic mass is 10.1. The van der Waals surface area contributed by atoms with Crippen molar-refractivity contribution in [2.24, 2.45) is 0 Å². The number of nitrogens with zero attached hydrogens (tertiary/aromatic N) is 1. The number of rotatable bonds is 11. The number of fused-ring (bicyclic) bond motifs is 1. The zero-order valence-corrected chi connectivity index (χ0v) is 16.6. The molecule has 1 aliphatic heterocycles. The number of ether oxygens (including phenoxy) is 1. The van der Waals surface area contributed by atoms with Gasteiger partial charge in [-0.05, 0) is 37.1 Å². The summed E-state index contributed by atoms with van der Waals surface area (Å²) in [5, 5.41) is 8.63. The molecule has 1 heterocycles. The quantitative estimate of drug-likeness (QED) is 0.400. The van der Waals surface area contributed by atoms with Crippen LogP contribution in [0, 0.1) is 0 Å². The molecule has 2 amide bonds. The summed E-state index contributed by atoms with van der Waals surface area (Å²) < 4.78 is 5.34. The first kappa shape index (κ1) is 22.7. The summed E-state index contributed by atoms with van der Waals surface area (Å²) in [5.74, 6) is 0.0693. The van der Waals surface area contributed by atoms with E-state index in [-0.39, 0.29) is 5.91 Å². The van der Waals surface area contributed by atoms with Gasteiger partial charge in [-0.3, -0.25) is 9.59 Å². The molecular formula is C20H32N4O3. The number of nitrogens with one attached hydrogen (secondary N) is 3. The third kappa shape index (κ3) is 8.23. The van der Waals surface area contributed by atoms with E-state index in [0.717, 1.165) is 55.0 Å². The van der Waals surface area contributed by atoms with Crippen molar-refractivity contribution in [3.8, 4) is 0 Å². The standard InChI is InChI=1S/C11H12N2O2.C9H20N2O/c1-13-6-9-4-8(5-12-7-14)2-3-10(9)11(13)15;1-9(11-3)5-4-7-12-8-6-10-2/h2-4,7H,5-6H2,1H3,(H,12,14);10-11H,1,4-8H2,2-3H3. The molecule has 1 aromatic carbocycles. The molecule has 1 aliphatic rings. The predicted octanol–water partition coefficient (Wildman–Crippen LogP) is 1.25. The van der Waals surface area contributed by atoms with Crippen molar-refractivity contribution in [2.75, 3.05) is 40.9 Å². The van der Waals surface area contributed by atoms with E-state index in [4.69, 9.17) is 4.74 Å². The number of carbonyl (C=O) groups excluding carboxylic acids is 2. The number of likely N-dealkylation sites (N-methyl/N-ethyl adjacent to an activating group) is 1. The zero-order valence-electron chi connectivity index (χ0n) is 16.6. The Hall–Kier alpha value is -2.38. The van der Waals surface area contributed by atoms with Gasteiger partial charge >= 0.3 is 0 Å². The van der Waals surface area contributed by atoms with Gasteiger partial charge in [-0.2, -0.15) is 0 Å². The molecule has 0 unspecified atom stereocenters. The maximum absolute atomic E-state index is 11.6. The Morgan fingerprint density at radius 2 is 2.11 bits per heavy atom. The van der Waals surface area contributed by atoms with Crippen LogP contribution in [0.5, 0.6) is 0 Å². The highest BCUT2D eigenvalue weighted by atomic mass is 16.5. The van der Waals surface area contributed by atoms with Crippen LogP contribution in [0.4, 0.5) is 0 Å². The average molecular weight is 377 g/mol. The largest absolute Gasteiger partial charge is 0.392 e. The summed E-state index contributed by atoms with van der Waals surface area (Å²) in [4.78, 5) is 23.4. The van der Waals surface area contributed by atoms with E-state index >= 15 is 0 Å². The fourth-order valence-corrected chi connectivity index (χ4v) is 2.58. The lowest BCUT2D eigenvalue weighted by Gasteiger charge is -2.05. The molecule has 0 atom stereocenters. The second-order valence-corrected chi connectivity index (χ2v) is 6.32. The minimum absolute atomic E-state index is 0.0693. The Balaban J connectivity index is 0.000000279. The number of benzene rings is 1. The van der Waals surface area contributed by atoms with Crippen molar-refractivity contribution in [3.05, 3.63) is 47.2 Å². The molecule has 0 radical (unpaired) electrons. The summed E-state index contributed by atoms with van der Waals surface area (Å²) in [7, 11) is 5.60. The highest BCUT2D eigenvalue weighted by molar-refractivity contribution is 5.98. The van der Waals surface area contributed by atoms with Crippen LogP contribution in [0.3, 0.4) is 0 Å². The van der Waals surface area contributed by atoms with Crippen LogP contribution in [0.15, 0.2) is 30.5 Å². The van der Waals surface area contributed by atoms with Crippen molar-refractivity contribution in [3.63, 3.8) is 0 Å². The second kappa shape index (κ2) is 12.9. The Bertz CT molecular complexity index is 619. The number of allylic oxidation sites excluding steroid dienone is 1. The molecule has 150 valence electrons. The molecule has 0 bridgehead atoms. The smallest absolute Gasteiger partial charge is 0.254 e. The Kier molecular flexibility index (Phi) is 10.8. The molecule has 7 heteroatoms. The van der Waals surface area contributed by atoms with Gasteiger partial charge in [-0.15, -0.1) is 0 Å². The molecule has 0 fully saturated rings. The summed E-state index contributed by atoms with van der Waals surface area (Å²) in [6.45, 7) is 7.53. The minimum atomic E-state index is 0.0693. The Morgan fingerprint density at radius 3 is 2.78 bits per heavy atom. The second-order valence-electron chi connectivity index (χ2n) is 6.32. The van der Waals surface area contributed by atoms with Gasteiger partial charge in [-0.25, -0.2) is 0 Å². The summed E-state index contributed by atoms with van der Waals surface area (Å²) in [6, 6.07) is 5.66. The molecule has 3 N–H and O–H groups in total.